The molecule has 156 valence electrons. The molecule has 1 saturated heterocycles. The number of ether oxygens (including phenoxy) is 1. The molecule has 1 aliphatic heterocycles. The van der Waals surface area contributed by atoms with E-state index in [-0.39, 0.29) is 17.9 Å². The summed E-state index contributed by atoms with van der Waals surface area (Å²) in [5.74, 6) is 1.72. The van der Waals surface area contributed by atoms with E-state index in [1.54, 1.807) is 18.4 Å². The number of nitrogens with zero attached hydrogens (tertiary/aromatic N) is 2. The molecule has 1 aromatic heterocycles. The Morgan fingerprint density at radius 3 is 2.93 bits per heavy atom. The number of amides is 1. The van der Waals surface area contributed by atoms with Gasteiger partial charge in [-0.25, -0.2) is 4.98 Å². The lowest BCUT2D eigenvalue weighted by Crippen LogP contribution is -2.43. The summed E-state index contributed by atoms with van der Waals surface area (Å²) < 4.78 is 5.37. The van der Waals surface area contributed by atoms with Crippen molar-refractivity contribution in [3.63, 3.8) is 0 Å². The van der Waals surface area contributed by atoms with Gasteiger partial charge in [0.2, 0.25) is 5.91 Å². The van der Waals surface area contributed by atoms with E-state index < -0.39 is 0 Å². The zero-order valence-electron chi connectivity index (χ0n) is 17.2. The number of rotatable bonds is 7. The van der Waals surface area contributed by atoms with Gasteiger partial charge in [0.05, 0.1) is 13.2 Å². The molecule has 2 aromatic rings. The molecule has 0 spiro atoms. The fraction of sp³-hybridized carbons (Fsp3) is 0.565. The van der Waals surface area contributed by atoms with Crippen molar-refractivity contribution in [2.24, 2.45) is 11.8 Å². The zero-order valence-corrected chi connectivity index (χ0v) is 18.0. The Morgan fingerprint density at radius 1 is 1.31 bits per heavy atom. The van der Waals surface area contributed by atoms with Gasteiger partial charge in [0.15, 0.2) is 0 Å². The van der Waals surface area contributed by atoms with Crippen molar-refractivity contribution >= 4 is 17.2 Å². The summed E-state index contributed by atoms with van der Waals surface area (Å²) in [6, 6.07) is 8.34. The Kier molecular flexibility index (Phi) is 6.82. The topological polar surface area (TPSA) is 54.5 Å². The molecule has 2 aliphatic rings. The Morgan fingerprint density at radius 2 is 2.17 bits per heavy atom. The number of methoxy groups -OCH3 is 1. The number of thiazole rings is 1. The molecule has 0 bridgehead atoms. The van der Waals surface area contributed by atoms with Crippen molar-refractivity contribution in [2.45, 2.75) is 51.1 Å². The van der Waals surface area contributed by atoms with E-state index in [9.17, 15) is 4.79 Å². The van der Waals surface area contributed by atoms with Crippen LogP contribution in [0.25, 0.3) is 0 Å². The smallest absolute Gasteiger partial charge is 0.223 e. The normalized spacial score (nSPS) is 21.8. The summed E-state index contributed by atoms with van der Waals surface area (Å²) in [4.78, 5) is 20.0. The van der Waals surface area contributed by atoms with Crippen LogP contribution >= 0.6 is 11.3 Å². The van der Waals surface area contributed by atoms with Gasteiger partial charge in [0, 0.05) is 30.6 Å². The summed E-state index contributed by atoms with van der Waals surface area (Å²) >= 11 is 1.66. The van der Waals surface area contributed by atoms with Gasteiger partial charge in [-0.15, -0.1) is 11.3 Å². The first-order valence-electron chi connectivity index (χ1n) is 10.8. The first kappa shape index (κ1) is 20.4. The monoisotopic (exact) mass is 413 g/mol. The highest BCUT2D eigenvalue weighted by Gasteiger charge is 2.33. The van der Waals surface area contributed by atoms with Crippen LogP contribution in [0.2, 0.25) is 0 Å². The fourth-order valence-corrected chi connectivity index (χ4v) is 5.55. The molecule has 1 N–H and O–H groups in total. The summed E-state index contributed by atoms with van der Waals surface area (Å²) in [6.45, 7) is 2.98. The van der Waals surface area contributed by atoms with Crippen LogP contribution in [0.3, 0.4) is 0 Å². The first-order chi connectivity index (χ1) is 14.2. The lowest BCUT2D eigenvalue weighted by Gasteiger charge is -2.37. The molecule has 29 heavy (non-hydrogen) atoms. The lowest BCUT2D eigenvalue weighted by atomic mass is 9.90. The highest BCUT2D eigenvalue weighted by Crippen LogP contribution is 2.33. The van der Waals surface area contributed by atoms with Crippen LogP contribution < -0.4 is 10.1 Å². The highest BCUT2D eigenvalue weighted by atomic mass is 32.1. The van der Waals surface area contributed by atoms with Crippen LogP contribution in [0.4, 0.5) is 0 Å². The Hall–Kier alpha value is -1.92. The summed E-state index contributed by atoms with van der Waals surface area (Å²) in [7, 11) is 1.71. The number of carbonyl (C=O) groups excluding carboxylic acids is 1. The van der Waals surface area contributed by atoms with Gasteiger partial charge in [-0.3, -0.25) is 9.69 Å². The van der Waals surface area contributed by atoms with Crippen LogP contribution in [0.15, 0.2) is 35.8 Å². The van der Waals surface area contributed by atoms with Crippen LogP contribution in [-0.4, -0.2) is 36.0 Å². The molecule has 2 heterocycles. The molecule has 2 atom stereocenters. The first-order valence-corrected chi connectivity index (χ1v) is 11.7. The quantitative estimate of drug-likeness (QED) is 0.730. The summed E-state index contributed by atoms with van der Waals surface area (Å²) in [5, 5.41) is 6.46. The number of nitrogens with one attached hydrogen (secondary N) is 1. The number of likely N-dealkylation sites (tertiary alicyclic amines) is 1. The van der Waals surface area contributed by atoms with E-state index in [1.807, 2.05) is 17.6 Å². The zero-order chi connectivity index (χ0) is 20.1. The molecule has 0 unspecified atom stereocenters. The summed E-state index contributed by atoms with van der Waals surface area (Å²) in [6.07, 6.45) is 8.55. The number of piperidine rings is 1. The molecule has 0 radical (unpaired) electrons. The summed E-state index contributed by atoms with van der Waals surface area (Å²) in [5.41, 5.74) is 1.27. The Labute approximate surface area is 177 Å². The van der Waals surface area contributed by atoms with Crippen LogP contribution in [0, 0.1) is 11.8 Å². The largest absolute Gasteiger partial charge is 0.497 e. The second-order valence-electron chi connectivity index (χ2n) is 8.33. The average Bonchev–Trinajstić information content (AvgIpc) is 3.46. The Balaban J connectivity index is 1.44. The van der Waals surface area contributed by atoms with Gasteiger partial charge in [0.1, 0.15) is 10.8 Å². The number of hydrogen-bond donors (Lipinski definition) is 1. The van der Waals surface area contributed by atoms with Crippen LogP contribution in [-0.2, 0) is 11.3 Å². The number of hydrogen-bond acceptors (Lipinski definition) is 5. The molecule has 2 fully saturated rings. The van der Waals surface area contributed by atoms with Crippen molar-refractivity contribution in [3.8, 4) is 5.75 Å². The average molecular weight is 414 g/mol. The van der Waals surface area contributed by atoms with Crippen molar-refractivity contribution in [3.05, 3.63) is 46.4 Å². The second kappa shape index (κ2) is 9.72. The van der Waals surface area contributed by atoms with Gasteiger partial charge in [-0.2, -0.15) is 0 Å². The Bertz CT molecular complexity index is 789. The molecule has 5 nitrogen and oxygen atoms in total. The van der Waals surface area contributed by atoms with Gasteiger partial charge in [-0.1, -0.05) is 25.0 Å². The van der Waals surface area contributed by atoms with Gasteiger partial charge in [-0.05, 0) is 55.8 Å². The van der Waals surface area contributed by atoms with Crippen molar-refractivity contribution in [1.29, 1.82) is 0 Å². The minimum atomic E-state index is 0.0243. The van der Waals surface area contributed by atoms with E-state index in [0.717, 1.165) is 56.1 Å². The van der Waals surface area contributed by atoms with E-state index in [0.29, 0.717) is 5.92 Å². The third-order valence-corrected chi connectivity index (χ3v) is 7.15. The maximum Gasteiger partial charge on any atom is 0.223 e. The van der Waals surface area contributed by atoms with Crippen LogP contribution in [0.1, 0.15) is 55.1 Å². The van der Waals surface area contributed by atoms with E-state index in [2.05, 4.69) is 33.4 Å². The number of aromatic nitrogens is 1. The molecule has 1 aromatic carbocycles. The van der Waals surface area contributed by atoms with E-state index in [4.69, 9.17) is 4.74 Å². The highest BCUT2D eigenvalue weighted by molar-refractivity contribution is 7.09. The molecule has 4 rings (SSSR count). The molecular weight excluding hydrogens is 382 g/mol. The molecule has 1 amide bonds. The fourth-order valence-electron chi connectivity index (χ4n) is 4.76. The van der Waals surface area contributed by atoms with Crippen molar-refractivity contribution in [1.82, 2.24) is 15.2 Å². The molecule has 1 saturated carbocycles. The van der Waals surface area contributed by atoms with Gasteiger partial charge >= 0.3 is 0 Å². The third kappa shape index (κ3) is 5.17. The molecular formula is C23H31N3O2S. The lowest BCUT2D eigenvalue weighted by molar-refractivity contribution is -0.126. The van der Waals surface area contributed by atoms with Gasteiger partial charge in [0.25, 0.3) is 0 Å². The maximum atomic E-state index is 12.9. The predicted octanol–water partition coefficient (Wildman–Crippen LogP) is 4.41. The van der Waals surface area contributed by atoms with Crippen LogP contribution in [0.5, 0.6) is 5.75 Å². The van der Waals surface area contributed by atoms with Crippen molar-refractivity contribution < 1.29 is 9.53 Å². The SMILES string of the molecule is COc1cccc(CN2CCC[C@H]([C@@H](NC(=O)C3CCCC3)c3nccs3)C2)c1. The number of carbonyl (C=O) groups is 1. The minimum absolute atomic E-state index is 0.0243. The van der Waals surface area contributed by atoms with E-state index in [1.165, 1.54) is 18.4 Å². The molecule has 1 aliphatic carbocycles. The molecule has 6 heteroatoms. The third-order valence-electron chi connectivity index (χ3n) is 6.29. The van der Waals surface area contributed by atoms with Crippen molar-refractivity contribution in [2.75, 3.05) is 20.2 Å². The predicted molar refractivity (Wildman–Crippen MR) is 116 cm³/mol. The van der Waals surface area contributed by atoms with E-state index >= 15 is 0 Å². The second-order valence-corrected chi connectivity index (χ2v) is 9.25. The standard InChI is InChI=1S/C23H31N3O2S/c1-28-20-10-4-6-17(14-20)15-26-12-5-9-19(16-26)21(23-24-11-13-29-23)25-22(27)18-7-2-3-8-18/h4,6,10-11,13-14,18-19,21H,2-3,5,7-9,12,15-16H2,1H3,(H,25,27)/t19-,21+/m0/s1. The van der Waals surface area contributed by atoms with Gasteiger partial charge < -0.3 is 10.1 Å². The number of benzene rings is 1. The minimum Gasteiger partial charge on any atom is -0.497 e. The maximum absolute atomic E-state index is 12.9.